The predicted octanol–water partition coefficient (Wildman–Crippen LogP) is 3.46. The summed E-state index contributed by atoms with van der Waals surface area (Å²) in [5.41, 5.74) is -3.07. The van der Waals surface area contributed by atoms with Gasteiger partial charge in [0.25, 0.3) is 5.56 Å². The van der Waals surface area contributed by atoms with Gasteiger partial charge in [0.15, 0.2) is 0 Å². The van der Waals surface area contributed by atoms with Crippen molar-refractivity contribution in [1.82, 2.24) is 14.3 Å². The maximum Gasteiger partial charge on any atom is 0.416 e. The lowest BCUT2D eigenvalue weighted by Crippen LogP contribution is -2.32. The van der Waals surface area contributed by atoms with E-state index in [1.54, 1.807) is 0 Å². The molecule has 180 valence electrons. The number of carbonyl (C=O) groups excluding carboxylic acids is 1. The van der Waals surface area contributed by atoms with E-state index in [2.05, 4.69) is 10.4 Å². The lowest BCUT2D eigenvalue weighted by molar-refractivity contribution is -0.147. The minimum Gasteiger partial charge on any atom is -0.323 e. The van der Waals surface area contributed by atoms with Crippen molar-refractivity contribution < 1.29 is 31.1 Å². The number of benzene rings is 1. The molecule has 2 heterocycles. The number of carbonyl (C=O) groups is 1. The molecule has 0 aliphatic heterocycles. The molecule has 8 nitrogen and oxygen atoms in total. The van der Waals surface area contributed by atoms with Gasteiger partial charge in [0.2, 0.25) is 5.91 Å². The van der Waals surface area contributed by atoms with Crippen LogP contribution in [0.15, 0.2) is 41.3 Å². The Morgan fingerprint density at radius 2 is 1.82 bits per heavy atom. The molecule has 1 atom stereocenters. The van der Waals surface area contributed by atoms with E-state index in [9.17, 15) is 35.9 Å². The third kappa shape index (κ3) is 5.00. The van der Waals surface area contributed by atoms with Crippen molar-refractivity contribution >= 4 is 28.7 Å². The highest BCUT2D eigenvalue weighted by molar-refractivity contribution is 5.91. The Hall–Kier alpha value is -3.97. The summed E-state index contributed by atoms with van der Waals surface area (Å²) in [5, 5.41) is 19.7. The van der Waals surface area contributed by atoms with Gasteiger partial charge in [-0.05, 0) is 37.3 Å². The summed E-state index contributed by atoms with van der Waals surface area (Å²) in [6, 6.07) is 4.34. The Bertz CT molecular complexity index is 1390. The standard InChI is InChI=1S/C20H16F6N6O2/c1-10(19(21,22)23)17-14-6-11(20(24,25)26)2-4-13(14)18(34)32(30-17)8-16(33)29-12-3-5-15(28)31(7-12)9-27/h2-7,9-10,27-28H,8H2,1H3,(H,29,33). The van der Waals surface area contributed by atoms with E-state index in [-0.39, 0.29) is 11.2 Å². The Morgan fingerprint density at radius 3 is 2.41 bits per heavy atom. The van der Waals surface area contributed by atoms with Crippen LogP contribution in [-0.4, -0.2) is 32.8 Å². The van der Waals surface area contributed by atoms with Crippen LogP contribution in [0.25, 0.3) is 10.8 Å². The molecule has 14 heteroatoms. The van der Waals surface area contributed by atoms with E-state index in [1.165, 1.54) is 18.3 Å². The minimum absolute atomic E-state index is 0.0654. The maximum atomic E-state index is 13.4. The first kappa shape index (κ1) is 24.7. The number of amides is 1. The summed E-state index contributed by atoms with van der Waals surface area (Å²) in [4.78, 5) is 25.2. The zero-order valence-electron chi connectivity index (χ0n) is 17.3. The van der Waals surface area contributed by atoms with Gasteiger partial charge in [-0.15, -0.1) is 0 Å². The SMILES string of the molecule is CC(c1nn(CC(=O)Nc2ccc(=N)n(C=N)c2)c(=O)c2ccc(C(F)(F)F)cc12)C(F)(F)F. The normalized spacial score (nSPS) is 13.0. The number of nitrogens with one attached hydrogen (secondary N) is 3. The van der Waals surface area contributed by atoms with Crippen LogP contribution in [0.2, 0.25) is 0 Å². The van der Waals surface area contributed by atoms with Crippen LogP contribution in [0.1, 0.15) is 24.1 Å². The largest absolute Gasteiger partial charge is 0.416 e. The first-order chi connectivity index (χ1) is 15.7. The van der Waals surface area contributed by atoms with Gasteiger partial charge in [0.1, 0.15) is 12.0 Å². The molecule has 0 fully saturated rings. The monoisotopic (exact) mass is 486 g/mol. The van der Waals surface area contributed by atoms with E-state index in [0.29, 0.717) is 23.7 Å². The maximum absolute atomic E-state index is 13.4. The van der Waals surface area contributed by atoms with Gasteiger partial charge in [0.05, 0.1) is 34.6 Å². The fourth-order valence-electron chi connectivity index (χ4n) is 3.10. The van der Waals surface area contributed by atoms with Gasteiger partial charge in [-0.25, -0.2) is 4.68 Å². The quantitative estimate of drug-likeness (QED) is 0.291. The van der Waals surface area contributed by atoms with Gasteiger partial charge >= 0.3 is 12.4 Å². The molecule has 0 spiro atoms. The van der Waals surface area contributed by atoms with Crippen molar-refractivity contribution in [3.05, 3.63) is 63.6 Å². The molecule has 0 saturated carbocycles. The number of rotatable bonds is 5. The lowest BCUT2D eigenvalue weighted by atomic mass is 9.99. The van der Waals surface area contributed by atoms with Crippen LogP contribution < -0.4 is 16.4 Å². The summed E-state index contributed by atoms with van der Waals surface area (Å²) in [6.07, 6.45) is -7.71. The first-order valence-electron chi connectivity index (χ1n) is 9.48. The molecule has 0 aliphatic rings. The zero-order valence-corrected chi connectivity index (χ0v) is 17.3. The molecule has 1 amide bonds. The number of aromatic nitrogens is 3. The van der Waals surface area contributed by atoms with Crippen LogP contribution in [0.5, 0.6) is 0 Å². The van der Waals surface area contributed by atoms with Crippen LogP contribution in [0, 0.1) is 10.8 Å². The Kier molecular flexibility index (Phi) is 6.35. The molecule has 1 unspecified atom stereocenters. The van der Waals surface area contributed by atoms with Gasteiger partial charge in [-0.1, -0.05) is 0 Å². The summed E-state index contributed by atoms with van der Waals surface area (Å²) < 4.78 is 81.1. The second-order valence-corrected chi connectivity index (χ2v) is 7.26. The van der Waals surface area contributed by atoms with Gasteiger partial charge in [-0.3, -0.25) is 25.0 Å². The molecule has 3 rings (SSSR count). The number of hydrogen-bond donors (Lipinski definition) is 3. The van der Waals surface area contributed by atoms with Crippen LogP contribution in [-0.2, 0) is 17.5 Å². The highest BCUT2D eigenvalue weighted by Crippen LogP contribution is 2.37. The minimum atomic E-state index is -4.88. The van der Waals surface area contributed by atoms with Gasteiger partial charge in [0, 0.05) is 11.6 Å². The summed E-state index contributed by atoms with van der Waals surface area (Å²) >= 11 is 0. The second kappa shape index (κ2) is 8.76. The highest BCUT2D eigenvalue weighted by atomic mass is 19.4. The second-order valence-electron chi connectivity index (χ2n) is 7.26. The van der Waals surface area contributed by atoms with Crippen molar-refractivity contribution in [2.75, 3.05) is 5.32 Å². The molecule has 3 aromatic rings. The highest BCUT2D eigenvalue weighted by Gasteiger charge is 2.40. The van der Waals surface area contributed by atoms with Crippen LogP contribution in [0.3, 0.4) is 0 Å². The number of fused-ring (bicyclic) bond motifs is 1. The first-order valence-corrected chi connectivity index (χ1v) is 9.48. The summed E-state index contributed by atoms with van der Waals surface area (Å²) in [7, 11) is 0. The predicted molar refractivity (Wildman–Crippen MR) is 109 cm³/mol. The number of pyridine rings is 1. The molecule has 3 N–H and O–H groups in total. The molecule has 0 saturated heterocycles. The van der Waals surface area contributed by atoms with E-state index in [1.807, 2.05) is 0 Å². The third-order valence-electron chi connectivity index (χ3n) is 4.91. The zero-order chi connectivity index (χ0) is 25.4. The molecule has 0 aliphatic carbocycles. The average Bonchev–Trinajstić information content (AvgIpc) is 2.75. The smallest absolute Gasteiger partial charge is 0.323 e. The fraction of sp³-hybridized carbons (Fsp3) is 0.250. The molecular formula is C20H16F6N6O2. The molecule has 2 aromatic heterocycles. The Balaban J connectivity index is 2.08. The Labute approximate surface area is 186 Å². The molecule has 0 bridgehead atoms. The topological polar surface area (TPSA) is 117 Å². The molecule has 1 aromatic carbocycles. The lowest BCUT2D eigenvalue weighted by Gasteiger charge is -2.19. The van der Waals surface area contributed by atoms with E-state index in [4.69, 9.17) is 10.8 Å². The molecule has 34 heavy (non-hydrogen) atoms. The van der Waals surface area contributed by atoms with Crippen molar-refractivity contribution in [1.29, 1.82) is 10.8 Å². The van der Waals surface area contributed by atoms with E-state index in [0.717, 1.165) is 17.0 Å². The average molecular weight is 486 g/mol. The molecule has 0 radical (unpaired) electrons. The van der Waals surface area contributed by atoms with E-state index >= 15 is 0 Å². The number of hydrogen-bond acceptors (Lipinski definition) is 5. The fourth-order valence-corrected chi connectivity index (χ4v) is 3.10. The summed E-state index contributed by atoms with van der Waals surface area (Å²) in [5.74, 6) is -3.20. The number of nitrogens with zero attached hydrogens (tertiary/aromatic N) is 3. The van der Waals surface area contributed by atoms with Crippen molar-refractivity contribution in [3.8, 4) is 0 Å². The summed E-state index contributed by atoms with van der Waals surface area (Å²) in [6.45, 7) is -0.143. The number of alkyl halides is 6. The van der Waals surface area contributed by atoms with Gasteiger partial charge < -0.3 is 5.32 Å². The Morgan fingerprint density at radius 1 is 1.15 bits per heavy atom. The van der Waals surface area contributed by atoms with Gasteiger partial charge in [-0.2, -0.15) is 31.4 Å². The third-order valence-corrected chi connectivity index (χ3v) is 4.91. The molecular weight excluding hydrogens is 470 g/mol. The van der Waals surface area contributed by atoms with Crippen LogP contribution in [0.4, 0.5) is 32.0 Å². The number of anilines is 1. The van der Waals surface area contributed by atoms with Crippen molar-refractivity contribution in [2.45, 2.75) is 31.7 Å². The number of halogens is 6. The van der Waals surface area contributed by atoms with Crippen molar-refractivity contribution in [2.24, 2.45) is 0 Å². The van der Waals surface area contributed by atoms with Crippen LogP contribution >= 0.6 is 0 Å². The van der Waals surface area contributed by atoms with Crippen molar-refractivity contribution in [3.63, 3.8) is 0 Å². The van der Waals surface area contributed by atoms with E-state index < -0.39 is 58.3 Å².